The zero-order valence-electron chi connectivity index (χ0n) is 17.5. The molecule has 1 aromatic heterocycles. The van der Waals surface area contributed by atoms with Crippen molar-refractivity contribution in [1.29, 1.82) is 0 Å². The highest BCUT2D eigenvalue weighted by Crippen LogP contribution is 2.35. The summed E-state index contributed by atoms with van der Waals surface area (Å²) in [6.45, 7) is 6.15. The molecule has 0 spiro atoms. The molecule has 1 fully saturated rings. The summed E-state index contributed by atoms with van der Waals surface area (Å²) in [7, 11) is 5.57. The number of likely N-dealkylation sites (N-methyl/N-ethyl adjacent to an activating group) is 1. The van der Waals surface area contributed by atoms with E-state index in [1.165, 1.54) is 0 Å². The minimum atomic E-state index is 0.814. The van der Waals surface area contributed by atoms with Gasteiger partial charge in [-0.15, -0.1) is 0 Å². The van der Waals surface area contributed by atoms with Crippen molar-refractivity contribution in [2.24, 2.45) is 0 Å². The molecule has 0 saturated carbocycles. The van der Waals surface area contributed by atoms with Gasteiger partial charge in [-0.25, -0.2) is 0 Å². The number of fused-ring (bicyclic) bond motifs is 1. The second-order valence-corrected chi connectivity index (χ2v) is 7.50. The van der Waals surface area contributed by atoms with Crippen LogP contribution in [0.1, 0.15) is 5.69 Å². The van der Waals surface area contributed by atoms with Crippen LogP contribution in [0.15, 0.2) is 42.5 Å². The number of piperazine rings is 1. The topological polar surface area (TPSA) is 49.9 Å². The minimum Gasteiger partial charge on any atom is -0.497 e. The summed E-state index contributed by atoms with van der Waals surface area (Å²) in [6, 6.07) is 14.3. The first kappa shape index (κ1) is 19.3. The van der Waals surface area contributed by atoms with Crippen LogP contribution in [0.25, 0.3) is 10.9 Å². The minimum absolute atomic E-state index is 0.814. The maximum Gasteiger partial charge on any atom is 0.144 e. The average Bonchev–Trinajstić information content (AvgIpc) is 2.74. The summed E-state index contributed by atoms with van der Waals surface area (Å²) < 4.78 is 11.1. The lowest BCUT2D eigenvalue weighted by atomic mass is 10.1. The Morgan fingerprint density at radius 3 is 2.45 bits per heavy atom. The van der Waals surface area contributed by atoms with Gasteiger partial charge in [-0.05, 0) is 50.4 Å². The molecule has 2 heterocycles. The van der Waals surface area contributed by atoms with E-state index in [0.29, 0.717) is 0 Å². The quantitative estimate of drug-likeness (QED) is 0.707. The maximum atomic E-state index is 5.72. The number of methoxy groups -OCH3 is 2. The third kappa shape index (κ3) is 4.07. The van der Waals surface area contributed by atoms with Crippen LogP contribution in [0, 0.1) is 6.92 Å². The van der Waals surface area contributed by atoms with E-state index in [1.54, 1.807) is 14.2 Å². The Hall–Kier alpha value is -2.99. The Morgan fingerprint density at radius 1 is 0.931 bits per heavy atom. The molecule has 1 aliphatic rings. The Kier molecular flexibility index (Phi) is 5.45. The summed E-state index contributed by atoms with van der Waals surface area (Å²) >= 11 is 0. The zero-order chi connectivity index (χ0) is 20.4. The number of benzene rings is 2. The average molecular weight is 393 g/mol. The number of hydrogen-bond acceptors (Lipinski definition) is 6. The molecule has 0 aliphatic carbocycles. The van der Waals surface area contributed by atoms with Crippen molar-refractivity contribution in [2.45, 2.75) is 6.92 Å². The summed E-state index contributed by atoms with van der Waals surface area (Å²) in [5.41, 5.74) is 5.03. The molecule has 2 aromatic carbocycles. The predicted octanol–water partition coefficient (Wildman–Crippen LogP) is 4.06. The van der Waals surface area contributed by atoms with E-state index in [1.807, 2.05) is 25.1 Å². The summed E-state index contributed by atoms with van der Waals surface area (Å²) in [5.74, 6) is 1.70. The van der Waals surface area contributed by atoms with Crippen molar-refractivity contribution in [3.8, 4) is 11.5 Å². The van der Waals surface area contributed by atoms with E-state index in [-0.39, 0.29) is 0 Å². The molecule has 6 heteroatoms. The smallest absolute Gasteiger partial charge is 0.144 e. The van der Waals surface area contributed by atoms with Crippen molar-refractivity contribution in [2.75, 3.05) is 57.7 Å². The lowest BCUT2D eigenvalue weighted by Crippen LogP contribution is -2.44. The lowest BCUT2D eigenvalue weighted by molar-refractivity contribution is 0.311. The SMILES string of the molecule is COc1ccc2nc(C)cc(Nc3ccc(N4CCN(C)CC4)c(OC)c3)c2c1. The van der Waals surface area contributed by atoms with Crippen LogP contribution in [-0.2, 0) is 0 Å². The van der Waals surface area contributed by atoms with E-state index in [2.05, 4.69) is 51.4 Å². The molecule has 0 amide bonds. The highest BCUT2D eigenvalue weighted by Gasteiger charge is 2.18. The number of nitrogens with one attached hydrogen (secondary N) is 1. The molecule has 3 aromatic rings. The van der Waals surface area contributed by atoms with Crippen molar-refractivity contribution < 1.29 is 9.47 Å². The van der Waals surface area contributed by atoms with Gasteiger partial charge < -0.3 is 24.6 Å². The largest absolute Gasteiger partial charge is 0.497 e. The van der Waals surface area contributed by atoms with Gasteiger partial charge in [0.1, 0.15) is 11.5 Å². The van der Waals surface area contributed by atoms with Gasteiger partial charge in [0.15, 0.2) is 0 Å². The molecule has 1 saturated heterocycles. The molecule has 0 atom stereocenters. The lowest BCUT2D eigenvalue weighted by Gasteiger charge is -2.34. The first-order chi connectivity index (χ1) is 14.1. The van der Waals surface area contributed by atoms with Gasteiger partial charge in [0.25, 0.3) is 0 Å². The first-order valence-electron chi connectivity index (χ1n) is 9.91. The summed E-state index contributed by atoms with van der Waals surface area (Å²) in [6.07, 6.45) is 0. The van der Waals surface area contributed by atoms with Crippen molar-refractivity contribution >= 4 is 28.0 Å². The number of aryl methyl sites for hydroxylation is 1. The van der Waals surface area contributed by atoms with Gasteiger partial charge in [-0.1, -0.05) is 0 Å². The van der Waals surface area contributed by atoms with Crippen LogP contribution in [0.5, 0.6) is 11.5 Å². The van der Waals surface area contributed by atoms with Crippen LogP contribution in [-0.4, -0.2) is 57.3 Å². The number of anilines is 3. The van der Waals surface area contributed by atoms with Crippen LogP contribution >= 0.6 is 0 Å². The molecule has 1 aliphatic heterocycles. The Balaban J connectivity index is 1.66. The molecular formula is C23H28N4O2. The molecule has 0 unspecified atom stereocenters. The van der Waals surface area contributed by atoms with E-state index in [9.17, 15) is 0 Å². The van der Waals surface area contributed by atoms with Crippen molar-refractivity contribution in [3.05, 3.63) is 48.2 Å². The number of ether oxygens (including phenoxy) is 2. The first-order valence-corrected chi connectivity index (χ1v) is 9.91. The number of pyridine rings is 1. The molecule has 29 heavy (non-hydrogen) atoms. The van der Waals surface area contributed by atoms with Gasteiger partial charge in [-0.2, -0.15) is 0 Å². The van der Waals surface area contributed by atoms with Gasteiger partial charge in [0.05, 0.1) is 25.4 Å². The molecule has 152 valence electrons. The van der Waals surface area contributed by atoms with E-state index in [4.69, 9.17) is 9.47 Å². The van der Waals surface area contributed by atoms with Crippen LogP contribution < -0.4 is 19.7 Å². The monoisotopic (exact) mass is 392 g/mol. The van der Waals surface area contributed by atoms with Crippen LogP contribution in [0.2, 0.25) is 0 Å². The predicted molar refractivity (Wildman–Crippen MR) is 119 cm³/mol. The maximum absolute atomic E-state index is 5.72. The fourth-order valence-corrected chi connectivity index (χ4v) is 3.79. The Bertz CT molecular complexity index is 1010. The van der Waals surface area contributed by atoms with Crippen molar-refractivity contribution in [3.63, 3.8) is 0 Å². The van der Waals surface area contributed by atoms with Crippen molar-refractivity contribution in [1.82, 2.24) is 9.88 Å². The number of aromatic nitrogens is 1. The number of rotatable bonds is 5. The standard InChI is InChI=1S/C23H28N4O2/c1-16-13-21(19-15-18(28-3)6-7-20(19)24-16)25-17-5-8-22(23(14-17)29-4)27-11-9-26(2)10-12-27/h5-8,13-15H,9-12H2,1-4H3,(H,24,25). The molecule has 1 N–H and O–H groups in total. The third-order valence-corrected chi connectivity index (χ3v) is 5.45. The normalized spacial score (nSPS) is 14.8. The zero-order valence-corrected chi connectivity index (χ0v) is 17.5. The summed E-state index contributed by atoms with van der Waals surface area (Å²) in [4.78, 5) is 9.38. The second kappa shape index (κ2) is 8.17. The molecule has 4 rings (SSSR count). The summed E-state index contributed by atoms with van der Waals surface area (Å²) in [5, 5.41) is 4.57. The number of hydrogen-bond donors (Lipinski definition) is 1. The number of nitrogens with zero attached hydrogens (tertiary/aromatic N) is 3. The van der Waals surface area contributed by atoms with E-state index < -0.39 is 0 Å². The van der Waals surface area contributed by atoms with E-state index >= 15 is 0 Å². The fourth-order valence-electron chi connectivity index (χ4n) is 3.79. The Labute approximate surface area is 172 Å². The highest BCUT2D eigenvalue weighted by molar-refractivity contribution is 5.94. The fraction of sp³-hybridized carbons (Fsp3) is 0.348. The third-order valence-electron chi connectivity index (χ3n) is 5.45. The van der Waals surface area contributed by atoms with Gasteiger partial charge in [-0.3, -0.25) is 4.98 Å². The molecule has 0 bridgehead atoms. The Morgan fingerprint density at radius 2 is 1.72 bits per heavy atom. The van der Waals surface area contributed by atoms with Gasteiger partial charge in [0, 0.05) is 54.7 Å². The van der Waals surface area contributed by atoms with Crippen LogP contribution in [0.3, 0.4) is 0 Å². The van der Waals surface area contributed by atoms with Gasteiger partial charge >= 0.3 is 0 Å². The van der Waals surface area contributed by atoms with Crippen LogP contribution in [0.4, 0.5) is 17.1 Å². The highest BCUT2D eigenvalue weighted by atomic mass is 16.5. The molecule has 0 radical (unpaired) electrons. The second-order valence-electron chi connectivity index (χ2n) is 7.50. The molecular weight excluding hydrogens is 364 g/mol. The molecule has 6 nitrogen and oxygen atoms in total. The van der Waals surface area contributed by atoms with E-state index in [0.717, 1.165) is 71.3 Å². The van der Waals surface area contributed by atoms with Gasteiger partial charge in [0.2, 0.25) is 0 Å².